The fourth-order valence-electron chi connectivity index (χ4n) is 5.19. The van der Waals surface area contributed by atoms with Crippen molar-refractivity contribution >= 4 is 5.97 Å². The molecule has 1 unspecified atom stereocenters. The first-order valence-corrected chi connectivity index (χ1v) is 8.65. The summed E-state index contributed by atoms with van der Waals surface area (Å²) in [5.74, 6) is -0.113. The topological polar surface area (TPSA) is 63.2 Å². The fraction of sp³-hybridized carbons (Fsp3) is 0.941. The second-order valence-corrected chi connectivity index (χ2v) is 8.07. The summed E-state index contributed by atoms with van der Waals surface area (Å²) in [4.78, 5) is 23.0. The highest BCUT2D eigenvalue weighted by Gasteiger charge is 2.74. The lowest BCUT2D eigenvalue weighted by Gasteiger charge is -2.50. The first-order chi connectivity index (χ1) is 10.8. The third-order valence-corrected chi connectivity index (χ3v) is 6.39. The average molecular weight is 326 g/mol. The Morgan fingerprint density at radius 1 is 1.17 bits per heavy atom. The van der Waals surface area contributed by atoms with Crippen LogP contribution in [0.4, 0.5) is 0 Å². The van der Waals surface area contributed by atoms with E-state index in [-0.39, 0.29) is 18.5 Å². The minimum Gasteiger partial charge on any atom is -0.463 e. The van der Waals surface area contributed by atoms with Gasteiger partial charge in [-0.3, -0.25) is 4.79 Å². The van der Waals surface area contributed by atoms with E-state index in [2.05, 4.69) is 6.92 Å². The van der Waals surface area contributed by atoms with Gasteiger partial charge in [0.1, 0.15) is 12.2 Å². The Bertz CT molecular complexity index is 523. The normalized spacial score (nSPS) is 54.4. The summed E-state index contributed by atoms with van der Waals surface area (Å²) in [5, 5.41) is 0. The Hall–Kier alpha value is -0.690. The highest BCUT2D eigenvalue weighted by atomic mass is 17.3. The zero-order valence-corrected chi connectivity index (χ0v) is 14.3. The van der Waals surface area contributed by atoms with Gasteiger partial charge in [0.15, 0.2) is 11.9 Å². The molecule has 0 aromatic rings. The summed E-state index contributed by atoms with van der Waals surface area (Å²) in [5.41, 5.74) is -1.21. The number of esters is 1. The summed E-state index contributed by atoms with van der Waals surface area (Å²) in [6, 6.07) is 0. The van der Waals surface area contributed by atoms with Crippen molar-refractivity contribution in [1.82, 2.24) is 0 Å². The second kappa shape index (κ2) is 4.91. The maximum atomic E-state index is 11.3. The van der Waals surface area contributed by atoms with Crippen molar-refractivity contribution in [2.24, 2.45) is 17.8 Å². The summed E-state index contributed by atoms with van der Waals surface area (Å²) >= 11 is 0. The molecular weight excluding hydrogens is 300 g/mol. The van der Waals surface area contributed by atoms with Crippen LogP contribution in [-0.4, -0.2) is 35.9 Å². The molecular formula is C17H26O6. The lowest BCUT2D eigenvalue weighted by atomic mass is 9.60. The van der Waals surface area contributed by atoms with Gasteiger partial charge in [-0.25, -0.2) is 9.78 Å². The van der Waals surface area contributed by atoms with E-state index in [4.69, 9.17) is 24.0 Å². The minimum absolute atomic E-state index is 0.0863. The van der Waals surface area contributed by atoms with Crippen LogP contribution in [0.1, 0.15) is 53.4 Å². The van der Waals surface area contributed by atoms with E-state index in [1.807, 2.05) is 13.8 Å². The zero-order valence-electron chi connectivity index (χ0n) is 14.3. The van der Waals surface area contributed by atoms with Gasteiger partial charge in [0, 0.05) is 19.3 Å². The van der Waals surface area contributed by atoms with Crippen LogP contribution in [0.5, 0.6) is 0 Å². The second-order valence-electron chi connectivity index (χ2n) is 8.07. The van der Waals surface area contributed by atoms with Gasteiger partial charge in [0.05, 0.1) is 0 Å². The van der Waals surface area contributed by atoms with E-state index in [1.54, 1.807) is 0 Å². The molecule has 130 valence electrons. The zero-order chi connectivity index (χ0) is 16.5. The molecule has 7 atom stereocenters. The summed E-state index contributed by atoms with van der Waals surface area (Å²) in [7, 11) is 0. The standard InChI is InChI=1S/C17H26O6/c1-10-5-6-13-15(3,9-19-11(2)18)20-14-17(13)12(10)7-8-16(4,21-14)22-23-17/h10,12-14H,5-9H2,1-4H3/t10-,12+,13+,14-,15?,16-,17-/m1/s1. The van der Waals surface area contributed by atoms with E-state index < -0.39 is 23.3 Å². The summed E-state index contributed by atoms with van der Waals surface area (Å²) < 4.78 is 17.8. The molecule has 0 N–H and O–H groups in total. The van der Waals surface area contributed by atoms with Gasteiger partial charge in [-0.2, -0.15) is 0 Å². The lowest BCUT2D eigenvalue weighted by Crippen LogP contribution is -2.62. The van der Waals surface area contributed by atoms with E-state index >= 15 is 0 Å². The molecule has 0 radical (unpaired) electrons. The fourth-order valence-corrected chi connectivity index (χ4v) is 5.19. The molecule has 0 aromatic heterocycles. The number of hydrogen-bond acceptors (Lipinski definition) is 6. The lowest BCUT2D eigenvalue weighted by molar-refractivity contribution is -0.541. The molecule has 5 fully saturated rings. The largest absolute Gasteiger partial charge is 0.463 e. The van der Waals surface area contributed by atoms with E-state index in [9.17, 15) is 4.79 Å². The Kier molecular flexibility index (Phi) is 3.38. The molecule has 0 amide bonds. The molecule has 5 aliphatic rings. The van der Waals surface area contributed by atoms with Crippen LogP contribution >= 0.6 is 0 Å². The van der Waals surface area contributed by atoms with Crippen LogP contribution in [0, 0.1) is 17.8 Å². The van der Waals surface area contributed by atoms with E-state index in [1.165, 1.54) is 6.92 Å². The number of fused-ring (bicyclic) bond motifs is 2. The smallest absolute Gasteiger partial charge is 0.302 e. The van der Waals surface area contributed by atoms with Gasteiger partial charge in [-0.1, -0.05) is 6.92 Å². The monoisotopic (exact) mass is 326 g/mol. The molecule has 2 bridgehead atoms. The first-order valence-electron chi connectivity index (χ1n) is 8.65. The number of rotatable bonds is 2. The predicted molar refractivity (Wildman–Crippen MR) is 78.9 cm³/mol. The molecule has 5 rings (SSSR count). The third-order valence-electron chi connectivity index (χ3n) is 6.39. The van der Waals surface area contributed by atoms with Crippen LogP contribution in [-0.2, 0) is 28.8 Å². The molecule has 1 spiro atoms. The molecule has 1 saturated carbocycles. The highest BCUT2D eigenvalue weighted by Crippen LogP contribution is 2.63. The van der Waals surface area contributed by atoms with Crippen molar-refractivity contribution in [3.63, 3.8) is 0 Å². The minimum atomic E-state index is -0.760. The van der Waals surface area contributed by atoms with Crippen molar-refractivity contribution < 1.29 is 28.8 Å². The maximum Gasteiger partial charge on any atom is 0.302 e. The van der Waals surface area contributed by atoms with Crippen LogP contribution in [0.3, 0.4) is 0 Å². The molecule has 6 nitrogen and oxygen atoms in total. The maximum absolute atomic E-state index is 11.3. The van der Waals surface area contributed by atoms with Crippen molar-refractivity contribution in [2.45, 2.75) is 76.7 Å². The van der Waals surface area contributed by atoms with Gasteiger partial charge in [-0.15, -0.1) is 0 Å². The van der Waals surface area contributed by atoms with Crippen LogP contribution < -0.4 is 0 Å². The first kappa shape index (κ1) is 15.8. The van der Waals surface area contributed by atoms with Crippen LogP contribution in [0.15, 0.2) is 0 Å². The van der Waals surface area contributed by atoms with Crippen molar-refractivity contribution in [2.75, 3.05) is 6.61 Å². The molecule has 4 heterocycles. The number of ether oxygens (including phenoxy) is 3. The predicted octanol–water partition coefficient (Wildman–Crippen LogP) is 2.55. The number of carbonyl (C=O) groups is 1. The molecule has 1 aliphatic carbocycles. The van der Waals surface area contributed by atoms with Gasteiger partial charge in [-0.05, 0) is 44.9 Å². The third kappa shape index (κ3) is 2.11. The van der Waals surface area contributed by atoms with Gasteiger partial charge in [0.2, 0.25) is 5.79 Å². The Morgan fingerprint density at radius 3 is 2.70 bits per heavy atom. The van der Waals surface area contributed by atoms with Crippen LogP contribution in [0.25, 0.3) is 0 Å². The average Bonchev–Trinajstić information content (AvgIpc) is 2.58. The summed E-state index contributed by atoms with van der Waals surface area (Å²) in [6.45, 7) is 7.82. The van der Waals surface area contributed by atoms with Gasteiger partial charge >= 0.3 is 5.97 Å². The molecule has 4 aliphatic heterocycles. The van der Waals surface area contributed by atoms with E-state index in [0.717, 1.165) is 25.7 Å². The Balaban J connectivity index is 1.73. The molecule has 0 aromatic carbocycles. The molecule has 23 heavy (non-hydrogen) atoms. The van der Waals surface area contributed by atoms with Crippen molar-refractivity contribution in [3.8, 4) is 0 Å². The number of hydrogen-bond donors (Lipinski definition) is 0. The highest BCUT2D eigenvalue weighted by molar-refractivity contribution is 5.66. The van der Waals surface area contributed by atoms with Gasteiger partial charge < -0.3 is 14.2 Å². The number of carbonyl (C=O) groups excluding carboxylic acids is 1. The summed E-state index contributed by atoms with van der Waals surface area (Å²) in [6.07, 6.45) is 3.40. The molecule has 6 heteroatoms. The Labute approximate surface area is 136 Å². The van der Waals surface area contributed by atoms with Gasteiger partial charge in [0.25, 0.3) is 0 Å². The van der Waals surface area contributed by atoms with Crippen molar-refractivity contribution in [1.29, 1.82) is 0 Å². The molecule has 4 saturated heterocycles. The van der Waals surface area contributed by atoms with Crippen molar-refractivity contribution in [3.05, 3.63) is 0 Å². The van der Waals surface area contributed by atoms with E-state index in [0.29, 0.717) is 11.8 Å². The van der Waals surface area contributed by atoms with Crippen LogP contribution in [0.2, 0.25) is 0 Å². The Morgan fingerprint density at radius 2 is 1.96 bits per heavy atom. The SMILES string of the molecule is CC(=O)OCC1(C)O[C@@H]2O[C@@]3(C)CC[C@H]4[C@H](C)CC[C@@H]1[C@@]24OO3. The quantitative estimate of drug-likeness (QED) is 0.574.